The molecule has 34 heavy (non-hydrogen) atoms. The highest BCUT2D eigenvalue weighted by atomic mass is 19.1. The van der Waals surface area contributed by atoms with Crippen molar-refractivity contribution in [3.63, 3.8) is 0 Å². The van der Waals surface area contributed by atoms with Crippen molar-refractivity contribution in [2.24, 2.45) is 0 Å². The molecule has 1 aliphatic rings. The van der Waals surface area contributed by atoms with Crippen LogP contribution in [0.4, 0.5) is 15.8 Å². The quantitative estimate of drug-likeness (QED) is 0.359. The van der Waals surface area contributed by atoms with Crippen molar-refractivity contribution in [2.45, 2.75) is 6.04 Å². The number of nitrogens with zero attached hydrogens (tertiary/aromatic N) is 1. The molecule has 0 aliphatic carbocycles. The minimum absolute atomic E-state index is 0.179. The van der Waals surface area contributed by atoms with Gasteiger partial charge in [0.05, 0.1) is 11.6 Å². The van der Waals surface area contributed by atoms with Gasteiger partial charge in [-0.1, -0.05) is 78.9 Å². The average molecular weight is 448 g/mol. The SMILES string of the molecule is O=C(C1=C(Nc2ccccc2)C(=O)N(c2ccccc2)[C@@H]1c1cccc(F)c1)c1ccccc1. The van der Waals surface area contributed by atoms with Crippen molar-refractivity contribution < 1.29 is 14.0 Å². The highest BCUT2D eigenvalue weighted by Gasteiger charge is 2.44. The van der Waals surface area contributed by atoms with Crippen LogP contribution in [0.1, 0.15) is 22.0 Å². The predicted octanol–water partition coefficient (Wildman–Crippen LogP) is 6.16. The van der Waals surface area contributed by atoms with Gasteiger partial charge in [0.15, 0.2) is 5.78 Å². The summed E-state index contributed by atoms with van der Waals surface area (Å²) in [6, 6.07) is 32.4. The van der Waals surface area contributed by atoms with Gasteiger partial charge in [0.25, 0.3) is 5.91 Å². The molecule has 1 aliphatic heterocycles. The molecule has 0 saturated carbocycles. The maximum atomic E-state index is 14.3. The molecule has 1 N–H and O–H groups in total. The number of carbonyl (C=O) groups is 2. The van der Waals surface area contributed by atoms with E-state index in [1.54, 1.807) is 53.4 Å². The van der Waals surface area contributed by atoms with Crippen LogP contribution in [0.25, 0.3) is 0 Å². The second-order valence-electron chi connectivity index (χ2n) is 7.94. The minimum atomic E-state index is -0.801. The van der Waals surface area contributed by atoms with Crippen LogP contribution < -0.4 is 10.2 Å². The Labute approximate surface area is 197 Å². The predicted molar refractivity (Wildman–Crippen MR) is 131 cm³/mol. The summed E-state index contributed by atoms with van der Waals surface area (Å²) in [4.78, 5) is 29.3. The Hall–Kier alpha value is -4.51. The van der Waals surface area contributed by atoms with Gasteiger partial charge in [-0.3, -0.25) is 14.5 Å². The lowest BCUT2D eigenvalue weighted by molar-refractivity contribution is -0.114. The molecule has 0 unspecified atom stereocenters. The molecule has 4 nitrogen and oxygen atoms in total. The van der Waals surface area contributed by atoms with Gasteiger partial charge in [-0.2, -0.15) is 0 Å². The first-order chi connectivity index (χ1) is 16.6. The molecule has 166 valence electrons. The number of halogens is 1. The maximum absolute atomic E-state index is 14.3. The zero-order chi connectivity index (χ0) is 23.5. The van der Waals surface area contributed by atoms with E-state index in [-0.39, 0.29) is 23.0 Å². The number of benzene rings is 4. The number of hydrogen-bond acceptors (Lipinski definition) is 3. The summed E-state index contributed by atoms with van der Waals surface area (Å²) in [5, 5.41) is 3.18. The van der Waals surface area contributed by atoms with Crippen molar-refractivity contribution in [1.82, 2.24) is 0 Å². The smallest absolute Gasteiger partial charge is 0.276 e. The molecule has 5 heteroatoms. The molecule has 1 amide bonds. The molecule has 0 spiro atoms. The summed E-state index contributed by atoms with van der Waals surface area (Å²) in [6.07, 6.45) is 0. The van der Waals surface area contributed by atoms with Crippen molar-refractivity contribution in [1.29, 1.82) is 0 Å². The van der Waals surface area contributed by atoms with E-state index in [4.69, 9.17) is 0 Å². The Morgan fingerprint density at radius 3 is 2.03 bits per heavy atom. The first-order valence-corrected chi connectivity index (χ1v) is 10.9. The highest BCUT2D eigenvalue weighted by Crippen LogP contribution is 2.42. The van der Waals surface area contributed by atoms with E-state index >= 15 is 0 Å². The number of ketones is 1. The fourth-order valence-corrected chi connectivity index (χ4v) is 4.24. The molecule has 0 aromatic heterocycles. The number of anilines is 2. The normalized spacial score (nSPS) is 15.5. The zero-order valence-corrected chi connectivity index (χ0v) is 18.2. The van der Waals surface area contributed by atoms with Crippen molar-refractivity contribution in [2.75, 3.05) is 10.2 Å². The molecule has 4 aromatic carbocycles. The molecular formula is C29H21FN2O2. The van der Waals surface area contributed by atoms with E-state index in [1.165, 1.54) is 12.1 Å². The summed E-state index contributed by atoms with van der Waals surface area (Å²) in [5.74, 6) is -1.09. The Kier molecular flexibility index (Phi) is 5.75. The maximum Gasteiger partial charge on any atom is 0.276 e. The summed E-state index contributed by atoms with van der Waals surface area (Å²) in [6.45, 7) is 0. The van der Waals surface area contributed by atoms with Crippen LogP contribution in [-0.2, 0) is 4.79 Å². The van der Waals surface area contributed by atoms with Crippen LogP contribution in [0.5, 0.6) is 0 Å². The molecule has 0 radical (unpaired) electrons. The number of hydrogen-bond donors (Lipinski definition) is 1. The third kappa shape index (κ3) is 3.99. The van der Waals surface area contributed by atoms with Gasteiger partial charge in [-0.05, 0) is 42.0 Å². The Morgan fingerprint density at radius 2 is 1.38 bits per heavy atom. The molecule has 0 bridgehead atoms. The van der Waals surface area contributed by atoms with E-state index in [0.717, 1.165) is 0 Å². The van der Waals surface area contributed by atoms with Crippen molar-refractivity contribution in [3.8, 4) is 0 Å². The van der Waals surface area contributed by atoms with E-state index in [1.807, 2.05) is 54.6 Å². The Morgan fingerprint density at radius 1 is 0.765 bits per heavy atom. The third-order valence-corrected chi connectivity index (χ3v) is 5.76. The van der Waals surface area contributed by atoms with Gasteiger partial charge >= 0.3 is 0 Å². The first-order valence-electron chi connectivity index (χ1n) is 10.9. The minimum Gasteiger partial charge on any atom is -0.351 e. The second-order valence-corrected chi connectivity index (χ2v) is 7.94. The fourth-order valence-electron chi connectivity index (χ4n) is 4.24. The standard InChI is InChI=1S/C29H21FN2O2/c30-22-14-10-13-21(19-22)27-25(28(33)20-11-4-1-5-12-20)26(31-23-15-6-2-7-16-23)29(34)32(27)24-17-8-3-9-18-24/h1-19,27,31H/t27-/m1/s1. The lowest BCUT2D eigenvalue weighted by atomic mass is 9.92. The fraction of sp³-hybridized carbons (Fsp3) is 0.0345. The van der Waals surface area contributed by atoms with Gasteiger partial charge in [0.1, 0.15) is 11.5 Å². The summed E-state index contributed by atoms with van der Waals surface area (Å²) in [7, 11) is 0. The number of Topliss-reactive ketones (excluding diaryl/α,β-unsaturated/α-hetero) is 1. The van der Waals surface area contributed by atoms with Gasteiger partial charge in [-0.15, -0.1) is 0 Å². The number of carbonyl (C=O) groups excluding carboxylic acids is 2. The molecule has 4 aromatic rings. The Balaban J connectivity index is 1.74. The average Bonchev–Trinajstić information content (AvgIpc) is 3.17. The van der Waals surface area contributed by atoms with Crippen LogP contribution in [0.2, 0.25) is 0 Å². The van der Waals surface area contributed by atoms with Gasteiger partial charge in [0.2, 0.25) is 0 Å². The number of amides is 1. The van der Waals surface area contributed by atoms with E-state index in [9.17, 15) is 14.0 Å². The van der Waals surface area contributed by atoms with Crippen LogP contribution in [-0.4, -0.2) is 11.7 Å². The zero-order valence-electron chi connectivity index (χ0n) is 18.2. The summed E-state index contributed by atoms with van der Waals surface area (Å²) >= 11 is 0. The van der Waals surface area contributed by atoms with E-state index < -0.39 is 11.9 Å². The van der Waals surface area contributed by atoms with Crippen LogP contribution >= 0.6 is 0 Å². The number of nitrogens with one attached hydrogen (secondary N) is 1. The highest BCUT2D eigenvalue weighted by molar-refractivity contribution is 6.23. The molecule has 0 fully saturated rings. The second kappa shape index (κ2) is 9.16. The van der Waals surface area contributed by atoms with Crippen LogP contribution in [0, 0.1) is 5.82 Å². The van der Waals surface area contributed by atoms with E-state index in [0.29, 0.717) is 22.5 Å². The molecule has 1 heterocycles. The van der Waals surface area contributed by atoms with E-state index in [2.05, 4.69) is 5.32 Å². The van der Waals surface area contributed by atoms with Gasteiger partial charge < -0.3 is 5.32 Å². The lowest BCUT2D eigenvalue weighted by Crippen LogP contribution is -2.31. The molecule has 1 atom stereocenters. The largest absolute Gasteiger partial charge is 0.351 e. The molecular weight excluding hydrogens is 427 g/mol. The topological polar surface area (TPSA) is 49.4 Å². The third-order valence-electron chi connectivity index (χ3n) is 5.76. The summed E-state index contributed by atoms with van der Waals surface area (Å²) in [5.41, 5.74) is 2.71. The van der Waals surface area contributed by atoms with Crippen molar-refractivity contribution >= 4 is 23.1 Å². The first kappa shape index (κ1) is 21.3. The number of rotatable bonds is 6. The van der Waals surface area contributed by atoms with Crippen molar-refractivity contribution in [3.05, 3.63) is 143 Å². The van der Waals surface area contributed by atoms with Crippen LogP contribution in [0.3, 0.4) is 0 Å². The van der Waals surface area contributed by atoms with Crippen LogP contribution in [0.15, 0.2) is 127 Å². The number of para-hydroxylation sites is 2. The lowest BCUT2D eigenvalue weighted by Gasteiger charge is -2.27. The Bertz CT molecular complexity index is 1370. The summed E-state index contributed by atoms with van der Waals surface area (Å²) < 4.78 is 14.3. The monoisotopic (exact) mass is 448 g/mol. The molecule has 0 saturated heterocycles. The molecule has 5 rings (SSSR count). The van der Waals surface area contributed by atoms with Gasteiger partial charge in [-0.25, -0.2) is 4.39 Å². The van der Waals surface area contributed by atoms with Gasteiger partial charge in [0, 0.05) is 16.9 Å².